The largest absolute Gasteiger partial charge is 0.481 e. The molecule has 0 spiro atoms. The SMILES string of the molecule is O=C(O)C(Cc1cccc([N+](=O)[O-])c1)C1CN(Cc2ccccc2)CCO1. The number of carbonyl (C=O) groups is 1. The van der Waals surface area contributed by atoms with Crippen molar-refractivity contribution in [1.82, 2.24) is 4.90 Å². The Bertz CT molecular complexity index is 796. The second-order valence-corrected chi connectivity index (χ2v) is 6.71. The Labute approximate surface area is 157 Å². The molecule has 3 rings (SSSR count). The van der Waals surface area contributed by atoms with Crippen LogP contribution in [0.3, 0.4) is 0 Å². The van der Waals surface area contributed by atoms with Crippen molar-refractivity contribution in [1.29, 1.82) is 0 Å². The number of nitro groups is 1. The number of rotatable bonds is 7. The monoisotopic (exact) mass is 370 g/mol. The highest BCUT2D eigenvalue weighted by Gasteiger charge is 2.33. The zero-order valence-electron chi connectivity index (χ0n) is 14.9. The van der Waals surface area contributed by atoms with Crippen LogP contribution in [0.5, 0.6) is 0 Å². The zero-order valence-corrected chi connectivity index (χ0v) is 14.9. The summed E-state index contributed by atoms with van der Waals surface area (Å²) >= 11 is 0. The molecule has 1 aliphatic rings. The van der Waals surface area contributed by atoms with E-state index in [2.05, 4.69) is 4.90 Å². The van der Waals surface area contributed by atoms with E-state index in [-0.39, 0.29) is 12.1 Å². The van der Waals surface area contributed by atoms with E-state index < -0.39 is 22.9 Å². The van der Waals surface area contributed by atoms with Gasteiger partial charge < -0.3 is 9.84 Å². The highest BCUT2D eigenvalue weighted by atomic mass is 16.6. The summed E-state index contributed by atoms with van der Waals surface area (Å²) in [6, 6.07) is 16.1. The molecule has 0 bridgehead atoms. The zero-order chi connectivity index (χ0) is 19.2. The molecule has 0 radical (unpaired) electrons. The number of nitro benzene ring substituents is 1. The third-order valence-electron chi connectivity index (χ3n) is 4.77. The molecule has 1 aliphatic heterocycles. The number of ether oxygens (including phenoxy) is 1. The molecule has 2 aromatic carbocycles. The van der Waals surface area contributed by atoms with E-state index in [4.69, 9.17) is 4.74 Å². The number of nitrogens with zero attached hydrogens (tertiary/aromatic N) is 2. The highest BCUT2D eigenvalue weighted by molar-refractivity contribution is 5.71. The van der Waals surface area contributed by atoms with E-state index in [1.54, 1.807) is 12.1 Å². The molecule has 2 unspecified atom stereocenters. The minimum absolute atomic E-state index is 0.0353. The Morgan fingerprint density at radius 3 is 2.67 bits per heavy atom. The molecule has 1 fully saturated rings. The average molecular weight is 370 g/mol. The second-order valence-electron chi connectivity index (χ2n) is 6.71. The van der Waals surface area contributed by atoms with Crippen LogP contribution < -0.4 is 0 Å². The van der Waals surface area contributed by atoms with E-state index in [0.717, 1.165) is 13.1 Å². The predicted molar refractivity (Wildman–Crippen MR) is 99.4 cm³/mol. The van der Waals surface area contributed by atoms with Gasteiger partial charge in [-0.15, -0.1) is 0 Å². The van der Waals surface area contributed by atoms with Gasteiger partial charge in [0.2, 0.25) is 0 Å². The van der Waals surface area contributed by atoms with Gasteiger partial charge in [0.05, 0.1) is 23.6 Å². The lowest BCUT2D eigenvalue weighted by atomic mass is 9.92. The minimum atomic E-state index is -0.951. The van der Waals surface area contributed by atoms with Crippen molar-refractivity contribution in [3.8, 4) is 0 Å². The van der Waals surface area contributed by atoms with Crippen LogP contribution in [0.25, 0.3) is 0 Å². The average Bonchev–Trinajstić information content (AvgIpc) is 2.67. The molecular weight excluding hydrogens is 348 g/mol. The summed E-state index contributed by atoms with van der Waals surface area (Å²) in [6.07, 6.45) is -0.264. The Hall–Kier alpha value is -2.77. The summed E-state index contributed by atoms with van der Waals surface area (Å²) in [5.74, 6) is -1.71. The van der Waals surface area contributed by atoms with Crippen LogP contribution in [0.1, 0.15) is 11.1 Å². The van der Waals surface area contributed by atoms with Crippen LogP contribution >= 0.6 is 0 Å². The fourth-order valence-electron chi connectivity index (χ4n) is 3.39. The summed E-state index contributed by atoms with van der Waals surface area (Å²) < 4.78 is 5.76. The number of non-ortho nitro benzene ring substituents is 1. The lowest BCUT2D eigenvalue weighted by Gasteiger charge is -2.35. The lowest BCUT2D eigenvalue weighted by molar-refractivity contribution is -0.384. The van der Waals surface area contributed by atoms with Gasteiger partial charge in [-0.1, -0.05) is 42.5 Å². The number of morpholine rings is 1. The topological polar surface area (TPSA) is 92.9 Å². The van der Waals surface area contributed by atoms with Gasteiger partial charge in [-0.05, 0) is 17.5 Å². The molecule has 2 atom stereocenters. The van der Waals surface area contributed by atoms with Crippen molar-refractivity contribution in [2.75, 3.05) is 19.7 Å². The van der Waals surface area contributed by atoms with Gasteiger partial charge in [0.25, 0.3) is 5.69 Å². The number of benzene rings is 2. The van der Waals surface area contributed by atoms with Crippen LogP contribution in [-0.4, -0.2) is 46.7 Å². The molecule has 7 heteroatoms. The van der Waals surface area contributed by atoms with Crippen molar-refractivity contribution in [2.45, 2.75) is 19.1 Å². The molecule has 142 valence electrons. The van der Waals surface area contributed by atoms with Crippen molar-refractivity contribution in [3.63, 3.8) is 0 Å². The van der Waals surface area contributed by atoms with E-state index >= 15 is 0 Å². The number of aliphatic carboxylic acids is 1. The molecule has 2 aromatic rings. The molecule has 0 saturated carbocycles. The number of hydrogen-bond donors (Lipinski definition) is 1. The fraction of sp³-hybridized carbons (Fsp3) is 0.350. The summed E-state index contributed by atoms with van der Waals surface area (Å²) in [4.78, 5) is 24.5. The van der Waals surface area contributed by atoms with Crippen molar-refractivity contribution in [2.24, 2.45) is 5.92 Å². The second kappa shape index (κ2) is 8.75. The number of carboxylic acids is 1. The number of carboxylic acid groups (broad SMARTS) is 1. The summed E-state index contributed by atoms with van der Waals surface area (Å²) in [6.45, 7) is 2.47. The van der Waals surface area contributed by atoms with Gasteiger partial charge in [-0.2, -0.15) is 0 Å². The van der Waals surface area contributed by atoms with E-state index in [1.807, 2.05) is 30.3 Å². The third-order valence-corrected chi connectivity index (χ3v) is 4.77. The minimum Gasteiger partial charge on any atom is -0.481 e. The van der Waals surface area contributed by atoms with Crippen LogP contribution in [0.4, 0.5) is 5.69 Å². The Kier molecular flexibility index (Phi) is 6.16. The van der Waals surface area contributed by atoms with E-state index in [0.29, 0.717) is 18.7 Å². The van der Waals surface area contributed by atoms with Gasteiger partial charge in [-0.3, -0.25) is 19.8 Å². The van der Waals surface area contributed by atoms with Crippen molar-refractivity contribution in [3.05, 3.63) is 75.8 Å². The smallest absolute Gasteiger partial charge is 0.309 e. The van der Waals surface area contributed by atoms with Crippen LogP contribution in [-0.2, 0) is 22.5 Å². The molecule has 27 heavy (non-hydrogen) atoms. The van der Waals surface area contributed by atoms with E-state index in [1.165, 1.54) is 17.7 Å². The first kappa shape index (κ1) is 19.0. The summed E-state index contributed by atoms with van der Waals surface area (Å²) in [5.41, 5.74) is 1.76. The summed E-state index contributed by atoms with van der Waals surface area (Å²) in [5, 5.41) is 20.7. The fourth-order valence-corrected chi connectivity index (χ4v) is 3.39. The summed E-state index contributed by atoms with van der Waals surface area (Å²) in [7, 11) is 0. The highest BCUT2D eigenvalue weighted by Crippen LogP contribution is 2.23. The van der Waals surface area contributed by atoms with Gasteiger partial charge in [0.15, 0.2) is 0 Å². The first-order valence-electron chi connectivity index (χ1n) is 8.87. The molecule has 1 N–H and O–H groups in total. The van der Waals surface area contributed by atoms with Gasteiger partial charge in [0, 0.05) is 31.8 Å². The van der Waals surface area contributed by atoms with Gasteiger partial charge in [0.1, 0.15) is 0 Å². The number of hydrogen-bond acceptors (Lipinski definition) is 5. The molecule has 0 aromatic heterocycles. The molecule has 0 amide bonds. The molecule has 1 saturated heterocycles. The Morgan fingerprint density at radius 1 is 1.22 bits per heavy atom. The Morgan fingerprint density at radius 2 is 1.96 bits per heavy atom. The van der Waals surface area contributed by atoms with Crippen LogP contribution in [0, 0.1) is 16.0 Å². The molecule has 1 heterocycles. The first-order valence-corrected chi connectivity index (χ1v) is 8.87. The van der Waals surface area contributed by atoms with Crippen molar-refractivity contribution >= 4 is 11.7 Å². The maximum Gasteiger partial charge on any atom is 0.309 e. The maximum absolute atomic E-state index is 11.9. The normalized spacial score (nSPS) is 18.7. The van der Waals surface area contributed by atoms with Crippen LogP contribution in [0.15, 0.2) is 54.6 Å². The maximum atomic E-state index is 11.9. The first-order chi connectivity index (χ1) is 13.0. The van der Waals surface area contributed by atoms with E-state index in [9.17, 15) is 20.0 Å². The third kappa shape index (κ3) is 5.12. The van der Waals surface area contributed by atoms with Gasteiger partial charge >= 0.3 is 5.97 Å². The standard InChI is InChI=1S/C20H22N2O5/c23-20(24)18(12-16-7-4-8-17(11-16)22(25)26)19-14-21(9-10-27-19)13-15-5-2-1-3-6-15/h1-8,11,18-19H,9-10,12-14H2,(H,23,24). The van der Waals surface area contributed by atoms with Gasteiger partial charge in [-0.25, -0.2) is 0 Å². The Balaban J connectivity index is 1.69. The lowest BCUT2D eigenvalue weighted by Crippen LogP contribution is -2.47. The van der Waals surface area contributed by atoms with Crippen LogP contribution in [0.2, 0.25) is 0 Å². The predicted octanol–water partition coefficient (Wildman–Crippen LogP) is 2.74. The molecular formula is C20H22N2O5. The molecule has 0 aliphatic carbocycles. The quantitative estimate of drug-likeness (QED) is 0.595. The van der Waals surface area contributed by atoms with Crippen molar-refractivity contribution < 1.29 is 19.6 Å². The molecule has 7 nitrogen and oxygen atoms in total.